The van der Waals surface area contributed by atoms with Gasteiger partial charge in [-0.15, -0.1) is 0 Å². The maximum Gasteiger partial charge on any atom is 0.119 e. The Labute approximate surface area is 108 Å². The van der Waals surface area contributed by atoms with Gasteiger partial charge in [-0.25, -0.2) is 0 Å². The average molecular weight is 253 g/mol. The summed E-state index contributed by atoms with van der Waals surface area (Å²) in [6.45, 7) is 0.917. The van der Waals surface area contributed by atoms with E-state index in [1.165, 1.54) is 0 Å². The number of nitrogens with two attached hydrogens (primary N) is 1. The summed E-state index contributed by atoms with van der Waals surface area (Å²) >= 11 is 0. The number of aliphatic hydroxyl groups excluding tert-OH is 2. The quantitative estimate of drug-likeness (QED) is 0.460. The maximum absolute atomic E-state index is 9.03. The van der Waals surface area contributed by atoms with Crippen LogP contribution in [-0.4, -0.2) is 29.7 Å². The second-order valence-electron chi connectivity index (χ2n) is 4.39. The van der Waals surface area contributed by atoms with Gasteiger partial charge in [0, 0.05) is 6.61 Å². The van der Waals surface area contributed by atoms with Gasteiger partial charge in [-0.1, -0.05) is 12.1 Å². The lowest BCUT2D eigenvalue weighted by molar-refractivity contribution is 0.172. The molecule has 1 atom stereocenters. The molecule has 4 N–H and O–H groups in total. The van der Waals surface area contributed by atoms with Crippen LogP contribution in [0.5, 0.6) is 5.75 Å². The molecule has 0 aliphatic carbocycles. The van der Waals surface area contributed by atoms with Crippen LogP contribution in [0.1, 0.15) is 31.2 Å². The number of hydrogen-bond donors (Lipinski definition) is 3. The minimum Gasteiger partial charge on any atom is -0.494 e. The summed E-state index contributed by atoms with van der Waals surface area (Å²) in [6.07, 6.45) is 3.31. The van der Waals surface area contributed by atoms with E-state index in [1.54, 1.807) is 0 Å². The van der Waals surface area contributed by atoms with Crippen molar-refractivity contribution in [1.82, 2.24) is 0 Å². The summed E-state index contributed by atoms with van der Waals surface area (Å²) in [7, 11) is 0. The molecule has 0 aliphatic rings. The van der Waals surface area contributed by atoms with Crippen molar-refractivity contribution in [2.75, 3.05) is 13.2 Å². The van der Waals surface area contributed by atoms with E-state index in [4.69, 9.17) is 20.7 Å². The van der Waals surface area contributed by atoms with Crippen molar-refractivity contribution in [3.63, 3.8) is 0 Å². The van der Waals surface area contributed by atoms with E-state index < -0.39 is 6.23 Å². The summed E-state index contributed by atoms with van der Waals surface area (Å²) in [5.41, 5.74) is 6.43. The average Bonchev–Trinajstić information content (AvgIpc) is 2.37. The number of hydrogen-bond acceptors (Lipinski definition) is 4. The molecular weight excluding hydrogens is 230 g/mol. The van der Waals surface area contributed by atoms with Gasteiger partial charge < -0.3 is 20.7 Å². The van der Waals surface area contributed by atoms with Gasteiger partial charge in [0.25, 0.3) is 0 Å². The molecule has 102 valence electrons. The Kier molecular flexibility index (Phi) is 7.41. The fraction of sp³-hybridized carbons (Fsp3) is 0.571. The molecule has 1 aromatic carbocycles. The summed E-state index contributed by atoms with van der Waals surface area (Å²) in [4.78, 5) is 0. The number of unbranched alkanes of at least 4 members (excludes halogenated alkanes) is 2. The molecule has 0 aliphatic heterocycles. The zero-order chi connectivity index (χ0) is 13.2. The van der Waals surface area contributed by atoms with Crippen molar-refractivity contribution >= 4 is 0 Å². The molecule has 0 spiro atoms. The predicted octanol–water partition coefficient (Wildman–Crippen LogP) is 1.44. The van der Waals surface area contributed by atoms with Gasteiger partial charge in [-0.05, 0) is 49.8 Å². The van der Waals surface area contributed by atoms with Crippen molar-refractivity contribution < 1.29 is 14.9 Å². The van der Waals surface area contributed by atoms with Crippen LogP contribution in [0.3, 0.4) is 0 Å². The smallest absolute Gasteiger partial charge is 0.119 e. The van der Waals surface area contributed by atoms with Crippen LogP contribution in [-0.2, 0) is 6.42 Å². The van der Waals surface area contributed by atoms with Crippen LogP contribution < -0.4 is 10.5 Å². The minimum absolute atomic E-state index is 0.247. The first-order valence-electron chi connectivity index (χ1n) is 6.48. The topological polar surface area (TPSA) is 75.7 Å². The molecule has 18 heavy (non-hydrogen) atoms. The maximum atomic E-state index is 9.03. The fourth-order valence-electron chi connectivity index (χ4n) is 1.69. The molecule has 0 amide bonds. The highest BCUT2D eigenvalue weighted by Crippen LogP contribution is 2.15. The second kappa shape index (κ2) is 8.91. The second-order valence-corrected chi connectivity index (χ2v) is 4.39. The molecule has 0 radical (unpaired) electrons. The van der Waals surface area contributed by atoms with E-state index in [2.05, 4.69) is 0 Å². The third-order valence-corrected chi connectivity index (χ3v) is 2.70. The molecule has 4 nitrogen and oxygen atoms in total. The molecule has 1 aromatic rings. The van der Waals surface area contributed by atoms with Crippen LogP contribution in [0.2, 0.25) is 0 Å². The van der Waals surface area contributed by atoms with E-state index in [-0.39, 0.29) is 6.61 Å². The van der Waals surface area contributed by atoms with E-state index in [0.29, 0.717) is 13.0 Å². The van der Waals surface area contributed by atoms with Crippen LogP contribution in [0.25, 0.3) is 0 Å². The van der Waals surface area contributed by atoms with Gasteiger partial charge >= 0.3 is 0 Å². The monoisotopic (exact) mass is 253 g/mol. The highest BCUT2D eigenvalue weighted by molar-refractivity contribution is 5.28. The van der Waals surface area contributed by atoms with Crippen LogP contribution >= 0.6 is 0 Å². The van der Waals surface area contributed by atoms with Gasteiger partial charge in [0.15, 0.2) is 0 Å². The van der Waals surface area contributed by atoms with Crippen molar-refractivity contribution in [3.05, 3.63) is 29.8 Å². The molecular formula is C14H23NO3. The molecule has 0 heterocycles. The molecule has 0 saturated heterocycles. The van der Waals surface area contributed by atoms with Crippen molar-refractivity contribution in [2.45, 2.75) is 38.3 Å². The minimum atomic E-state index is -0.756. The largest absolute Gasteiger partial charge is 0.494 e. The standard InChI is InChI=1S/C14H23NO3/c15-14(17)8-7-12-5-4-6-13(11-12)18-10-3-1-2-9-16/h4-6,11,14,16-17H,1-3,7-10,15H2. The lowest BCUT2D eigenvalue weighted by Crippen LogP contribution is -2.19. The normalized spacial score (nSPS) is 12.4. The first-order valence-corrected chi connectivity index (χ1v) is 6.48. The Morgan fingerprint density at radius 2 is 2.06 bits per heavy atom. The van der Waals surface area contributed by atoms with Gasteiger partial charge in [0.2, 0.25) is 0 Å². The summed E-state index contributed by atoms with van der Waals surface area (Å²) in [5, 5.41) is 17.7. The molecule has 1 unspecified atom stereocenters. The third kappa shape index (κ3) is 6.59. The van der Waals surface area contributed by atoms with Crippen LogP contribution in [0, 0.1) is 0 Å². The van der Waals surface area contributed by atoms with Crippen molar-refractivity contribution in [2.24, 2.45) is 5.73 Å². The van der Waals surface area contributed by atoms with Gasteiger partial charge in [-0.2, -0.15) is 0 Å². The van der Waals surface area contributed by atoms with E-state index in [9.17, 15) is 0 Å². The Bertz CT molecular complexity index is 329. The summed E-state index contributed by atoms with van der Waals surface area (Å²) in [6, 6.07) is 7.85. The molecule has 0 aromatic heterocycles. The molecule has 1 rings (SSSR count). The van der Waals surface area contributed by atoms with E-state index in [1.807, 2.05) is 24.3 Å². The third-order valence-electron chi connectivity index (χ3n) is 2.70. The molecule has 0 bridgehead atoms. The van der Waals surface area contributed by atoms with Crippen LogP contribution in [0.15, 0.2) is 24.3 Å². The Hall–Kier alpha value is -1.10. The first-order chi connectivity index (χ1) is 8.72. The highest BCUT2D eigenvalue weighted by atomic mass is 16.5. The summed E-state index contributed by atoms with van der Waals surface area (Å²) in [5.74, 6) is 0.850. The Morgan fingerprint density at radius 1 is 1.22 bits per heavy atom. The zero-order valence-electron chi connectivity index (χ0n) is 10.7. The summed E-state index contributed by atoms with van der Waals surface area (Å²) < 4.78 is 5.62. The zero-order valence-corrected chi connectivity index (χ0v) is 10.7. The van der Waals surface area contributed by atoms with Gasteiger partial charge in [0.1, 0.15) is 12.0 Å². The highest BCUT2D eigenvalue weighted by Gasteiger charge is 2.00. The van der Waals surface area contributed by atoms with Crippen LogP contribution in [0.4, 0.5) is 0 Å². The number of benzene rings is 1. The van der Waals surface area contributed by atoms with Crippen molar-refractivity contribution in [3.8, 4) is 5.75 Å². The van der Waals surface area contributed by atoms with Crippen molar-refractivity contribution in [1.29, 1.82) is 0 Å². The van der Waals surface area contributed by atoms with Gasteiger partial charge in [-0.3, -0.25) is 0 Å². The fourth-order valence-corrected chi connectivity index (χ4v) is 1.69. The molecule has 0 fully saturated rings. The number of aryl methyl sites for hydroxylation is 1. The number of ether oxygens (including phenoxy) is 1. The predicted molar refractivity (Wildman–Crippen MR) is 71.4 cm³/mol. The van der Waals surface area contributed by atoms with E-state index in [0.717, 1.165) is 37.0 Å². The Morgan fingerprint density at radius 3 is 2.78 bits per heavy atom. The SMILES string of the molecule is NC(O)CCc1cccc(OCCCCCO)c1. The Balaban J connectivity index is 2.30. The van der Waals surface area contributed by atoms with E-state index >= 15 is 0 Å². The first kappa shape index (κ1) is 15.0. The molecule has 0 saturated carbocycles. The lowest BCUT2D eigenvalue weighted by atomic mass is 10.1. The lowest BCUT2D eigenvalue weighted by Gasteiger charge is -2.08. The van der Waals surface area contributed by atoms with Gasteiger partial charge in [0.05, 0.1) is 6.61 Å². The molecule has 4 heteroatoms. The number of aliphatic hydroxyl groups is 2. The number of rotatable bonds is 9.